The summed E-state index contributed by atoms with van der Waals surface area (Å²) in [5.74, 6) is -0.655. The van der Waals surface area contributed by atoms with Crippen molar-refractivity contribution in [1.29, 1.82) is 0 Å². The molecule has 2 aromatic rings. The van der Waals surface area contributed by atoms with Crippen LogP contribution in [0.2, 0.25) is 0 Å². The molecule has 0 N–H and O–H groups in total. The van der Waals surface area contributed by atoms with Gasteiger partial charge in [0.25, 0.3) is 0 Å². The molecule has 1 aromatic carbocycles. The van der Waals surface area contributed by atoms with Crippen molar-refractivity contribution in [3.8, 4) is 0 Å². The van der Waals surface area contributed by atoms with E-state index in [0.29, 0.717) is 11.1 Å². The predicted molar refractivity (Wildman–Crippen MR) is 63.6 cm³/mol. The smallest absolute Gasteiger partial charge is 0.197 e. The maximum absolute atomic E-state index is 13.8. The van der Waals surface area contributed by atoms with Crippen LogP contribution in [0.5, 0.6) is 0 Å². The highest BCUT2D eigenvalue weighted by Crippen LogP contribution is 2.21. The fourth-order valence-corrected chi connectivity index (χ4v) is 2.28. The maximum atomic E-state index is 13.8. The molecule has 0 saturated heterocycles. The van der Waals surface area contributed by atoms with Gasteiger partial charge in [0, 0.05) is 10.4 Å². The van der Waals surface area contributed by atoms with Gasteiger partial charge in [-0.25, -0.2) is 4.39 Å². The van der Waals surface area contributed by atoms with E-state index in [1.807, 2.05) is 12.3 Å². The highest BCUT2D eigenvalue weighted by Gasteiger charge is 2.17. The predicted octanol–water partition coefficient (Wildman–Crippen LogP) is 3.74. The molecule has 0 atom stereocenters. The van der Waals surface area contributed by atoms with Crippen LogP contribution < -0.4 is 0 Å². The first-order chi connectivity index (χ1) is 7.61. The number of carbonyl (C=O) groups is 1. The number of hydrogen-bond acceptors (Lipinski definition) is 2. The van der Waals surface area contributed by atoms with Gasteiger partial charge < -0.3 is 0 Å². The van der Waals surface area contributed by atoms with Crippen molar-refractivity contribution in [2.75, 3.05) is 0 Å². The molecule has 0 spiro atoms. The third kappa shape index (κ3) is 1.78. The Bertz CT molecular complexity index is 543. The number of ketones is 1. The minimum atomic E-state index is -0.418. The van der Waals surface area contributed by atoms with Gasteiger partial charge in [-0.05, 0) is 36.9 Å². The standard InChI is InChI=1S/C13H11FOS/c1-8-4-3-5-11(12(8)14)13(15)10-6-7-16-9(10)2/h3-7H,1-2H3. The molecule has 0 aliphatic rings. The molecular weight excluding hydrogens is 223 g/mol. The van der Waals surface area contributed by atoms with Gasteiger partial charge in [0.1, 0.15) is 5.82 Å². The fourth-order valence-electron chi connectivity index (χ4n) is 1.59. The third-order valence-corrected chi connectivity index (χ3v) is 3.39. The Labute approximate surface area is 97.6 Å². The average molecular weight is 234 g/mol. The number of carbonyl (C=O) groups excluding carboxylic acids is 1. The van der Waals surface area contributed by atoms with Gasteiger partial charge in [-0.2, -0.15) is 0 Å². The second-order valence-corrected chi connectivity index (χ2v) is 4.78. The van der Waals surface area contributed by atoms with Gasteiger partial charge in [-0.1, -0.05) is 12.1 Å². The van der Waals surface area contributed by atoms with Gasteiger partial charge >= 0.3 is 0 Å². The van der Waals surface area contributed by atoms with Crippen LogP contribution in [0.3, 0.4) is 0 Å². The second-order valence-electron chi connectivity index (χ2n) is 3.66. The van der Waals surface area contributed by atoms with Crippen LogP contribution in [0.15, 0.2) is 29.6 Å². The van der Waals surface area contributed by atoms with Crippen molar-refractivity contribution in [3.05, 3.63) is 57.0 Å². The molecule has 16 heavy (non-hydrogen) atoms. The molecule has 0 saturated carbocycles. The molecule has 0 amide bonds. The summed E-state index contributed by atoms with van der Waals surface area (Å²) in [6.45, 7) is 3.53. The highest BCUT2D eigenvalue weighted by molar-refractivity contribution is 7.10. The minimum Gasteiger partial charge on any atom is -0.288 e. The van der Waals surface area contributed by atoms with Crippen molar-refractivity contribution < 1.29 is 9.18 Å². The Balaban J connectivity index is 2.50. The summed E-state index contributed by atoms with van der Waals surface area (Å²) < 4.78 is 13.8. The van der Waals surface area contributed by atoms with Crippen molar-refractivity contribution in [3.63, 3.8) is 0 Å². The summed E-state index contributed by atoms with van der Waals surface area (Å²) >= 11 is 1.49. The van der Waals surface area contributed by atoms with Gasteiger partial charge in [-0.3, -0.25) is 4.79 Å². The van der Waals surface area contributed by atoms with Crippen molar-refractivity contribution in [2.24, 2.45) is 0 Å². The summed E-state index contributed by atoms with van der Waals surface area (Å²) in [6.07, 6.45) is 0. The van der Waals surface area contributed by atoms with Crippen LogP contribution in [0.25, 0.3) is 0 Å². The minimum absolute atomic E-state index is 0.154. The van der Waals surface area contributed by atoms with Gasteiger partial charge in [-0.15, -0.1) is 11.3 Å². The van der Waals surface area contributed by atoms with E-state index in [0.717, 1.165) is 4.88 Å². The fraction of sp³-hybridized carbons (Fsp3) is 0.154. The Morgan fingerprint density at radius 2 is 1.94 bits per heavy atom. The van der Waals surface area contributed by atoms with Crippen molar-refractivity contribution >= 4 is 17.1 Å². The molecule has 0 radical (unpaired) electrons. The zero-order valence-corrected chi connectivity index (χ0v) is 9.90. The van der Waals surface area contributed by atoms with Crippen molar-refractivity contribution in [2.45, 2.75) is 13.8 Å². The quantitative estimate of drug-likeness (QED) is 0.723. The lowest BCUT2D eigenvalue weighted by Gasteiger charge is -2.04. The van der Waals surface area contributed by atoms with Crippen LogP contribution in [-0.2, 0) is 0 Å². The lowest BCUT2D eigenvalue weighted by Crippen LogP contribution is -2.05. The first-order valence-electron chi connectivity index (χ1n) is 4.95. The van der Waals surface area contributed by atoms with E-state index in [-0.39, 0.29) is 11.3 Å². The molecule has 1 heterocycles. The van der Waals surface area contributed by atoms with E-state index in [1.165, 1.54) is 17.4 Å². The van der Waals surface area contributed by atoms with Crippen LogP contribution in [-0.4, -0.2) is 5.78 Å². The lowest BCUT2D eigenvalue weighted by molar-refractivity contribution is 0.103. The van der Waals surface area contributed by atoms with Crippen LogP contribution >= 0.6 is 11.3 Å². The molecule has 1 nitrogen and oxygen atoms in total. The zero-order valence-electron chi connectivity index (χ0n) is 9.08. The molecule has 0 fully saturated rings. The van der Waals surface area contributed by atoms with E-state index in [1.54, 1.807) is 25.1 Å². The van der Waals surface area contributed by atoms with E-state index < -0.39 is 5.82 Å². The monoisotopic (exact) mass is 234 g/mol. The summed E-state index contributed by atoms with van der Waals surface area (Å²) in [4.78, 5) is 13.0. The van der Waals surface area contributed by atoms with E-state index in [9.17, 15) is 9.18 Å². The molecule has 0 aliphatic heterocycles. The third-order valence-electron chi connectivity index (χ3n) is 2.54. The molecule has 82 valence electrons. The molecule has 0 aliphatic carbocycles. The van der Waals surface area contributed by atoms with Crippen LogP contribution in [0, 0.1) is 19.7 Å². The Morgan fingerprint density at radius 3 is 2.56 bits per heavy atom. The largest absolute Gasteiger partial charge is 0.288 e. The summed E-state index contributed by atoms with van der Waals surface area (Å²) in [5, 5.41) is 1.84. The van der Waals surface area contributed by atoms with Crippen LogP contribution in [0.4, 0.5) is 4.39 Å². The van der Waals surface area contributed by atoms with Crippen LogP contribution in [0.1, 0.15) is 26.4 Å². The number of aryl methyl sites for hydroxylation is 2. The maximum Gasteiger partial charge on any atom is 0.197 e. The number of halogens is 1. The summed E-state index contributed by atoms with van der Waals surface area (Å²) in [5.41, 5.74) is 1.25. The molecule has 3 heteroatoms. The molecule has 0 bridgehead atoms. The van der Waals surface area contributed by atoms with Gasteiger partial charge in [0.15, 0.2) is 5.78 Å². The number of benzene rings is 1. The average Bonchev–Trinajstić information content (AvgIpc) is 2.68. The zero-order chi connectivity index (χ0) is 11.7. The second kappa shape index (κ2) is 4.18. The van der Waals surface area contributed by atoms with E-state index in [2.05, 4.69) is 0 Å². The number of rotatable bonds is 2. The van der Waals surface area contributed by atoms with E-state index >= 15 is 0 Å². The van der Waals surface area contributed by atoms with Crippen molar-refractivity contribution in [1.82, 2.24) is 0 Å². The van der Waals surface area contributed by atoms with Gasteiger partial charge in [0.05, 0.1) is 5.56 Å². The summed E-state index contributed by atoms with van der Waals surface area (Å²) in [7, 11) is 0. The lowest BCUT2D eigenvalue weighted by atomic mass is 10.0. The Morgan fingerprint density at radius 1 is 1.19 bits per heavy atom. The molecule has 0 unspecified atom stereocenters. The van der Waals surface area contributed by atoms with E-state index in [4.69, 9.17) is 0 Å². The highest BCUT2D eigenvalue weighted by atomic mass is 32.1. The Kier molecular flexibility index (Phi) is 2.88. The molecule has 1 aromatic heterocycles. The first-order valence-corrected chi connectivity index (χ1v) is 5.83. The Hall–Kier alpha value is -1.48. The number of hydrogen-bond donors (Lipinski definition) is 0. The SMILES string of the molecule is Cc1cccc(C(=O)c2ccsc2C)c1F. The normalized spacial score (nSPS) is 10.4. The number of thiophene rings is 1. The molecular formula is C13H11FOS. The van der Waals surface area contributed by atoms with Gasteiger partial charge in [0.2, 0.25) is 0 Å². The topological polar surface area (TPSA) is 17.1 Å². The summed E-state index contributed by atoms with van der Waals surface area (Å²) in [6, 6.07) is 6.63. The molecule has 2 rings (SSSR count). The first kappa shape index (κ1) is 11.0.